The zero-order valence-corrected chi connectivity index (χ0v) is 15.6. The third kappa shape index (κ3) is 6.08. The maximum absolute atomic E-state index is 10.5. The number of carboxylic acid groups (broad SMARTS) is 1. The van der Waals surface area contributed by atoms with E-state index >= 15 is 0 Å². The molecule has 0 fully saturated rings. The van der Waals surface area contributed by atoms with E-state index in [1.165, 1.54) is 5.56 Å². The summed E-state index contributed by atoms with van der Waals surface area (Å²) in [6.07, 6.45) is 2.43. The van der Waals surface area contributed by atoms with Crippen LogP contribution in [0.4, 0.5) is 0 Å². The number of carboxylic acids is 1. The summed E-state index contributed by atoms with van der Waals surface area (Å²) in [5.41, 5.74) is 1.48. The van der Waals surface area contributed by atoms with Crippen molar-refractivity contribution in [2.75, 3.05) is 12.4 Å². The van der Waals surface area contributed by atoms with Gasteiger partial charge >= 0.3 is 5.97 Å². The van der Waals surface area contributed by atoms with Gasteiger partial charge in [0.05, 0.1) is 6.61 Å². The quantitative estimate of drug-likeness (QED) is 0.505. The number of thioether (sulfide) groups is 1. The van der Waals surface area contributed by atoms with Gasteiger partial charge in [0.1, 0.15) is 11.5 Å². The van der Waals surface area contributed by atoms with Gasteiger partial charge in [-0.3, -0.25) is 4.79 Å². The number of hydrogen-bond donors (Lipinski definition) is 1. The van der Waals surface area contributed by atoms with Crippen molar-refractivity contribution in [3.63, 3.8) is 0 Å². The molecule has 1 N–H and O–H groups in total. The number of hydrogen-bond acceptors (Lipinski definition) is 6. The molecule has 136 valence electrons. The first-order valence-corrected chi connectivity index (χ1v) is 9.29. The maximum atomic E-state index is 10.5. The second-order valence-electron chi connectivity index (χ2n) is 6.36. The number of aromatic nitrogens is 2. The van der Waals surface area contributed by atoms with E-state index in [1.807, 2.05) is 12.1 Å². The van der Waals surface area contributed by atoms with Crippen LogP contribution in [0.2, 0.25) is 0 Å². The van der Waals surface area contributed by atoms with E-state index in [1.54, 1.807) is 0 Å². The highest BCUT2D eigenvalue weighted by molar-refractivity contribution is 7.99. The van der Waals surface area contributed by atoms with Gasteiger partial charge in [0.25, 0.3) is 5.22 Å². The van der Waals surface area contributed by atoms with Crippen LogP contribution in [-0.4, -0.2) is 33.6 Å². The summed E-state index contributed by atoms with van der Waals surface area (Å²) in [6, 6.07) is 8.23. The molecule has 1 heterocycles. The first-order chi connectivity index (χ1) is 11.9. The van der Waals surface area contributed by atoms with Crippen LogP contribution in [0, 0.1) is 0 Å². The van der Waals surface area contributed by atoms with Crippen molar-refractivity contribution in [1.29, 1.82) is 0 Å². The molecule has 0 unspecified atom stereocenters. The smallest absolute Gasteiger partial charge is 0.314 e. The number of rotatable bonds is 10. The molecule has 0 amide bonds. The fourth-order valence-corrected chi connectivity index (χ4v) is 2.64. The van der Waals surface area contributed by atoms with E-state index < -0.39 is 5.97 Å². The lowest BCUT2D eigenvalue weighted by Gasteiger charge is -2.23. The molecule has 7 heteroatoms. The Hall–Kier alpha value is -2.02. The molecular weight excluding hydrogens is 340 g/mol. The summed E-state index contributed by atoms with van der Waals surface area (Å²) in [6.45, 7) is 7.20. The Balaban J connectivity index is 1.73. The van der Waals surface area contributed by atoms with E-state index in [0.717, 1.165) is 30.4 Å². The summed E-state index contributed by atoms with van der Waals surface area (Å²) in [5.74, 6) is 0.345. The highest BCUT2D eigenvalue weighted by Crippen LogP contribution is 2.28. The van der Waals surface area contributed by atoms with Gasteiger partial charge in [0.15, 0.2) is 0 Å². The van der Waals surface area contributed by atoms with Crippen LogP contribution in [0.3, 0.4) is 0 Å². The summed E-state index contributed by atoms with van der Waals surface area (Å²) >= 11 is 1.02. The first kappa shape index (κ1) is 19.3. The van der Waals surface area contributed by atoms with Crippen LogP contribution >= 0.6 is 11.8 Å². The van der Waals surface area contributed by atoms with Gasteiger partial charge in [0, 0.05) is 6.42 Å². The molecule has 0 saturated carbocycles. The fraction of sp³-hybridized carbons (Fsp3) is 0.500. The molecule has 1 aromatic heterocycles. The lowest BCUT2D eigenvalue weighted by Crippen LogP contribution is -2.15. The minimum absolute atomic E-state index is 0.0877. The Morgan fingerprint density at radius 3 is 2.64 bits per heavy atom. The zero-order valence-electron chi connectivity index (χ0n) is 14.8. The van der Waals surface area contributed by atoms with Crippen molar-refractivity contribution in [2.24, 2.45) is 0 Å². The van der Waals surface area contributed by atoms with Crippen LogP contribution in [0.25, 0.3) is 0 Å². The minimum Gasteiger partial charge on any atom is -0.494 e. The third-order valence-corrected chi connectivity index (χ3v) is 4.89. The maximum Gasteiger partial charge on any atom is 0.314 e. The Kier molecular flexibility index (Phi) is 6.87. The molecule has 0 aliphatic rings. The predicted molar refractivity (Wildman–Crippen MR) is 96.2 cm³/mol. The Morgan fingerprint density at radius 1 is 1.28 bits per heavy atom. The van der Waals surface area contributed by atoms with Gasteiger partial charge in [-0.2, -0.15) is 0 Å². The highest BCUT2D eigenvalue weighted by atomic mass is 32.2. The molecule has 0 aliphatic carbocycles. The number of ether oxygens (including phenoxy) is 1. The minimum atomic E-state index is -0.911. The average Bonchev–Trinajstić information content (AvgIpc) is 3.05. The lowest BCUT2D eigenvalue weighted by atomic mass is 9.82. The first-order valence-electron chi connectivity index (χ1n) is 8.31. The molecular formula is C18H24N2O4S. The molecule has 25 heavy (non-hydrogen) atoms. The van der Waals surface area contributed by atoms with E-state index in [-0.39, 0.29) is 16.4 Å². The zero-order chi connectivity index (χ0) is 18.3. The van der Waals surface area contributed by atoms with Crippen LogP contribution in [-0.2, 0) is 16.6 Å². The van der Waals surface area contributed by atoms with E-state index in [2.05, 4.69) is 43.1 Å². The third-order valence-electron chi connectivity index (χ3n) is 4.09. The fourth-order valence-electron chi connectivity index (χ4n) is 2.14. The van der Waals surface area contributed by atoms with Gasteiger partial charge in [-0.1, -0.05) is 44.7 Å². The lowest BCUT2D eigenvalue weighted by molar-refractivity contribution is -0.133. The number of aliphatic carboxylic acids is 1. The number of benzene rings is 1. The highest BCUT2D eigenvalue weighted by Gasteiger charge is 2.17. The number of carbonyl (C=O) groups is 1. The van der Waals surface area contributed by atoms with Crippen molar-refractivity contribution in [2.45, 2.75) is 50.7 Å². The van der Waals surface area contributed by atoms with E-state index in [9.17, 15) is 4.79 Å². The van der Waals surface area contributed by atoms with Crippen LogP contribution in [0.5, 0.6) is 5.75 Å². The normalized spacial score (nSPS) is 11.5. The second kappa shape index (κ2) is 8.89. The monoisotopic (exact) mass is 364 g/mol. The number of nitrogens with zero attached hydrogens (tertiary/aromatic N) is 2. The summed E-state index contributed by atoms with van der Waals surface area (Å²) < 4.78 is 11.1. The Bertz CT molecular complexity index is 683. The Morgan fingerprint density at radius 2 is 2.00 bits per heavy atom. The molecule has 0 bridgehead atoms. The van der Waals surface area contributed by atoms with Gasteiger partial charge < -0.3 is 14.3 Å². The van der Waals surface area contributed by atoms with Crippen LogP contribution < -0.4 is 4.74 Å². The molecule has 0 aliphatic heterocycles. The molecule has 1 aromatic carbocycles. The van der Waals surface area contributed by atoms with Gasteiger partial charge in [-0.05, 0) is 36.0 Å². The van der Waals surface area contributed by atoms with Crippen molar-refractivity contribution in [3.8, 4) is 5.75 Å². The molecule has 0 radical (unpaired) electrons. The van der Waals surface area contributed by atoms with E-state index in [0.29, 0.717) is 18.9 Å². The average molecular weight is 364 g/mol. The summed E-state index contributed by atoms with van der Waals surface area (Å²) in [5, 5.41) is 16.6. The van der Waals surface area contributed by atoms with Crippen molar-refractivity contribution >= 4 is 17.7 Å². The molecule has 0 atom stereocenters. The van der Waals surface area contributed by atoms with Crippen molar-refractivity contribution < 1.29 is 19.1 Å². The topological polar surface area (TPSA) is 85.5 Å². The van der Waals surface area contributed by atoms with Crippen LogP contribution in [0.1, 0.15) is 45.1 Å². The SMILES string of the molecule is CCC(C)(C)c1ccc(OCCCc2nnc(SCC(=O)O)o2)cc1. The van der Waals surface area contributed by atoms with E-state index in [4.69, 9.17) is 14.3 Å². The molecule has 6 nitrogen and oxygen atoms in total. The molecule has 0 spiro atoms. The predicted octanol–water partition coefficient (Wildman–Crippen LogP) is 3.95. The largest absolute Gasteiger partial charge is 0.494 e. The van der Waals surface area contributed by atoms with Crippen molar-refractivity contribution in [3.05, 3.63) is 35.7 Å². The van der Waals surface area contributed by atoms with Crippen LogP contribution in [0.15, 0.2) is 33.9 Å². The molecule has 2 aromatic rings. The van der Waals surface area contributed by atoms with Gasteiger partial charge in [-0.25, -0.2) is 0 Å². The molecule has 2 rings (SSSR count). The van der Waals surface area contributed by atoms with Gasteiger partial charge in [0.2, 0.25) is 5.89 Å². The van der Waals surface area contributed by atoms with Crippen molar-refractivity contribution in [1.82, 2.24) is 10.2 Å². The molecule has 0 saturated heterocycles. The number of aryl methyl sites for hydroxylation is 1. The van der Waals surface area contributed by atoms with Gasteiger partial charge in [-0.15, -0.1) is 10.2 Å². The Labute approximate surface area is 152 Å². The second-order valence-corrected chi connectivity index (χ2v) is 7.28. The standard InChI is InChI=1S/C18H24N2O4S/c1-4-18(2,3)13-7-9-14(10-8-13)23-11-5-6-15-19-20-17(24-15)25-12-16(21)22/h7-10H,4-6,11-12H2,1-3H3,(H,21,22). The summed E-state index contributed by atoms with van der Waals surface area (Å²) in [7, 11) is 0. The summed E-state index contributed by atoms with van der Waals surface area (Å²) in [4.78, 5) is 10.5.